The van der Waals surface area contributed by atoms with Gasteiger partial charge in [0.05, 0.1) is 36.6 Å². The lowest BCUT2D eigenvalue weighted by molar-refractivity contribution is -0.136. The third-order valence-electron chi connectivity index (χ3n) is 7.16. The average Bonchev–Trinajstić information content (AvgIpc) is 2.75. The lowest BCUT2D eigenvalue weighted by Gasteiger charge is -2.40. The number of nitrogens with zero attached hydrogens (tertiary/aromatic N) is 2. The van der Waals surface area contributed by atoms with Gasteiger partial charge in [0.1, 0.15) is 5.82 Å². The Morgan fingerprint density at radius 3 is 2.68 bits per heavy atom. The highest BCUT2D eigenvalue weighted by molar-refractivity contribution is 8.00. The Morgan fingerprint density at radius 2 is 2.06 bits per heavy atom. The molecule has 34 heavy (non-hydrogen) atoms. The van der Waals surface area contributed by atoms with Gasteiger partial charge in [-0.3, -0.25) is 9.78 Å². The number of fused-ring (bicyclic) bond motifs is 3. The Hall–Kier alpha value is -2.38. The Morgan fingerprint density at radius 1 is 1.32 bits per heavy atom. The Bertz CT molecular complexity index is 1170. The first-order valence-electron chi connectivity index (χ1n) is 11.6. The molecule has 2 heterocycles. The van der Waals surface area contributed by atoms with Crippen molar-refractivity contribution in [3.05, 3.63) is 52.0 Å². The third kappa shape index (κ3) is 4.36. The molecule has 7 heteroatoms. The van der Waals surface area contributed by atoms with Gasteiger partial charge in [-0.2, -0.15) is 0 Å². The summed E-state index contributed by atoms with van der Waals surface area (Å²) in [4.78, 5) is 16.5. The first-order valence-corrected chi connectivity index (χ1v) is 12.8. The van der Waals surface area contributed by atoms with Crippen molar-refractivity contribution in [2.24, 2.45) is 5.41 Å². The lowest BCUT2D eigenvalue weighted by atomic mass is 9.72. The molecule has 0 saturated carbocycles. The van der Waals surface area contributed by atoms with Crippen LogP contribution in [0.3, 0.4) is 0 Å². The molecule has 1 aromatic heterocycles. The molecular formula is C27H33FN2O3S. The topological polar surface area (TPSA) is 62.7 Å². The number of hydrogen-bond donors (Lipinski definition) is 1. The minimum absolute atomic E-state index is 0.0461. The quantitative estimate of drug-likeness (QED) is 0.467. The van der Waals surface area contributed by atoms with Crippen LogP contribution >= 0.6 is 11.9 Å². The zero-order chi connectivity index (χ0) is 24.8. The number of allylic oxidation sites excluding steroid dienone is 2. The molecule has 1 aliphatic heterocycles. The zero-order valence-corrected chi connectivity index (χ0v) is 21.6. The SMILES string of the molecule is COC[C@H]1c2cc(F)cnc2-c2cc(C3=C(C)CC(C)(C)CC3)c(CC(=O)O)c(C)c2N1SC. The number of methoxy groups -OCH3 is 1. The molecule has 0 amide bonds. The minimum Gasteiger partial charge on any atom is -0.481 e. The number of aromatic nitrogens is 1. The summed E-state index contributed by atoms with van der Waals surface area (Å²) in [5.41, 5.74) is 8.95. The Labute approximate surface area is 205 Å². The normalized spacial score (nSPS) is 19.1. The van der Waals surface area contributed by atoms with Gasteiger partial charge in [0, 0.05) is 24.5 Å². The number of carbonyl (C=O) groups is 1. The highest BCUT2D eigenvalue weighted by Crippen LogP contribution is 2.52. The van der Waals surface area contributed by atoms with Crippen LogP contribution in [0, 0.1) is 18.2 Å². The highest BCUT2D eigenvalue weighted by Gasteiger charge is 2.36. The first kappa shape index (κ1) is 24.7. The number of benzene rings is 1. The molecule has 1 atom stereocenters. The molecule has 4 rings (SSSR count). The number of ether oxygens (including phenoxy) is 1. The van der Waals surface area contributed by atoms with Crippen LogP contribution < -0.4 is 4.31 Å². The smallest absolute Gasteiger partial charge is 0.307 e. The third-order valence-corrected chi connectivity index (χ3v) is 7.99. The highest BCUT2D eigenvalue weighted by atomic mass is 32.2. The summed E-state index contributed by atoms with van der Waals surface area (Å²) >= 11 is 1.53. The number of pyridine rings is 1. The fourth-order valence-electron chi connectivity index (χ4n) is 5.66. The molecule has 0 fully saturated rings. The van der Waals surface area contributed by atoms with Crippen molar-refractivity contribution in [2.75, 3.05) is 24.3 Å². The molecule has 1 N–H and O–H groups in total. The van der Waals surface area contributed by atoms with Crippen molar-refractivity contribution in [1.82, 2.24) is 4.98 Å². The largest absolute Gasteiger partial charge is 0.481 e. The number of hydrogen-bond acceptors (Lipinski definition) is 5. The van der Waals surface area contributed by atoms with E-state index in [1.165, 1.54) is 29.3 Å². The summed E-state index contributed by atoms with van der Waals surface area (Å²) in [7, 11) is 1.63. The van der Waals surface area contributed by atoms with E-state index in [0.717, 1.165) is 58.5 Å². The van der Waals surface area contributed by atoms with E-state index < -0.39 is 5.97 Å². The second kappa shape index (κ2) is 9.34. The van der Waals surface area contributed by atoms with Gasteiger partial charge in [-0.1, -0.05) is 31.4 Å². The second-order valence-electron chi connectivity index (χ2n) is 10.2. The average molecular weight is 485 g/mol. The maximum atomic E-state index is 14.3. The zero-order valence-electron chi connectivity index (χ0n) is 20.8. The summed E-state index contributed by atoms with van der Waals surface area (Å²) < 4.78 is 21.9. The summed E-state index contributed by atoms with van der Waals surface area (Å²) in [6.07, 6.45) is 6.13. The standard InChI is InChI=1S/C27H33FN2O3S/c1-15-12-27(3,4)8-7-18(15)20-10-22-25-21(9-17(28)13-29-25)23(14-33-5)30(34-6)26(22)16(2)19(20)11-24(31)32/h9-10,13,23H,7-8,11-12,14H2,1-6H3,(H,31,32)/t23-/m0/s1. The van der Waals surface area contributed by atoms with E-state index >= 15 is 0 Å². The Kier molecular flexibility index (Phi) is 6.80. The van der Waals surface area contributed by atoms with Gasteiger partial charge < -0.3 is 14.1 Å². The van der Waals surface area contributed by atoms with Crippen LogP contribution in [0.5, 0.6) is 0 Å². The summed E-state index contributed by atoms with van der Waals surface area (Å²) in [6, 6.07) is 3.42. The fraction of sp³-hybridized carbons (Fsp3) is 0.481. The van der Waals surface area contributed by atoms with E-state index in [4.69, 9.17) is 4.74 Å². The van der Waals surface area contributed by atoms with E-state index in [2.05, 4.69) is 36.1 Å². The molecule has 0 saturated heterocycles. The van der Waals surface area contributed by atoms with Crippen molar-refractivity contribution in [1.29, 1.82) is 0 Å². The van der Waals surface area contributed by atoms with Gasteiger partial charge in [0.25, 0.3) is 0 Å². The van der Waals surface area contributed by atoms with Gasteiger partial charge in [0.2, 0.25) is 0 Å². The summed E-state index contributed by atoms with van der Waals surface area (Å²) in [6.45, 7) is 9.10. The lowest BCUT2D eigenvalue weighted by Crippen LogP contribution is -2.31. The second-order valence-corrected chi connectivity index (χ2v) is 10.9. The van der Waals surface area contributed by atoms with Crippen molar-refractivity contribution >= 4 is 29.2 Å². The van der Waals surface area contributed by atoms with Crippen molar-refractivity contribution < 1.29 is 19.0 Å². The van der Waals surface area contributed by atoms with Crippen molar-refractivity contribution in [3.63, 3.8) is 0 Å². The van der Waals surface area contributed by atoms with Crippen LogP contribution in [0.2, 0.25) is 0 Å². The monoisotopic (exact) mass is 484 g/mol. The van der Waals surface area contributed by atoms with E-state index in [9.17, 15) is 14.3 Å². The molecule has 0 spiro atoms. The van der Waals surface area contributed by atoms with Crippen LogP contribution in [0.25, 0.3) is 16.8 Å². The molecule has 5 nitrogen and oxygen atoms in total. The number of halogens is 1. The van der Waals surface area contributed by atoms with Gasteiger partial charge >= 0.3 is 5.97 Å². The molecule has 0 radical (unpaired) electrons. The maximum absolute atomic E-state index is 14.3. The van der Waals surface area contributed by atoms with E-state index in [1.54, 1.807) is 13.2 Å². The number of carboxylic acids is 1. The van der Waals surface area contributed by atoms with Crippen LogP contribution in [0.4, 0.5) is 10.1 Å². The summed E-state index contributed by atoms with van der Waals surface area (Å²) in [5.74, 6) is -1.23. The molecule has 2 aromatic rings. The molecule has 1 aliphatic carbocycles. The summed E-state index contributed by atoms with van der Waals surface area (Å²) in [5, 5.41) is 9.81. The number of carboxylic acid groups (broad SMARTS) is 1. The van der Waals surface area contributed by atoms with Gasteiger partial charge in [-0.25, -0.2) is 4.39 Å². The van der Waals surface area contributed by atoms with Crippen LogP contribution in [0.15, 0.2) is 23.9 Å². The molecule has 2 aliphatic rings. The number of anilines is 1. The molecule has 182 valence electrons. The van der Waals surface area contributed by atoms with Crippen LogP contribution in [0.1, 0.15) is 68.3 Å². The Balaban J connectivity index is 2.03. The van der Waals surface area contributed by atoms with E-state index in [-0.39, 0.29) is 23.7 Å². The van der Waals surface area contributed by atoms with Crippen LogP contribution in [-0.2, 0) is 16.0 Å². The molecule has 1 aromatic carbocycles. The van der Waals surface area contributed by atoms with E-state index in [0.29, 0.717) is 6.61 Å². The fourth-order valence-corrected chi connectivity index (χ4v) is 6.51. The molecular weight excluding hydrogens is 451 g/mol. The minimum atomic E-state index is -0.848. The number of rotatable bonds is 6. The first-order chi connectivity index (χ1) is 16.1. The predicted molar refractivity (Wildman–Crippen MR) is 137 cm³/mol. The van der Waals surface area contributed by atoms with Gasteiger partial charge in [-0.15, -0.1) is 0 Å². The molecule has 0 bridgehead atoms. The number of aliphatic carboxylic acids is 1. The van der Waals surface area contributed by atoms with Crippen molar-refractivity contribution in [2.45, 2.75) is 59.4 Å². The maximum Gasteiger partial charge on any atom is 0.307 e. The van der Waals surface area contributed by atoms with E-state index in [1.807, 2.05) is 13.2 Å². The molecule has 0 unspecified atom stereocenters. The predicted octanol–water partition coefficient (Wildman–Crippen LogP) is 6.59. The van der Waals surface area contributed by atoms with Crippen molar-refractivity contribution in [3.8, 4) is 11.3 Å². The van der Waals surface area contributed by atoms with Crippen LogP contribution in [-0.4, -0.2) is 36.0 Å². The van der Waals surface area contributed by atoms with Gasteiger partial charge in [0.15, 0.2) is 0 Å². The van der Waals surface area contributed by atoms with Gasteiger partial charge in [-0.05, 0) is 72.9 Å².